The third kappa shape index (κ3) is 2.96. The van der Waals surface area contributed by atoms with Gasteiger partial charge in [0.15, 0.2) is 6.29 Å². The molecule has 3 aromatic rings. The van der Waals surface area contributed by atoms with Crippen LogP contribution in [0.4, 0.5) is 0 Å². The highest BCUT2D eigenvalue weighted by molar-refractivity contribution is 6.00. The van der Waals surface area contributed by atoms with Crippen LogP contribution in [0.3, 0.4) is 0 Å². The second-order valence-electron chi connectivity index (χ2n) is 6.78. The van der Waals surface area contributed by atoms with Gasteiger partial charge in [-0.25, -0.2) is 9.98 Å². The highest BCUT2D eigenvalue weighted by atomic mass is 16.5. The van der Waals surface area contributed by atoms with Gasteiger partial charge in [-0.1, -0.05) is 0 Å². The minimum atomic E-state index is -0.230. The largest absolute Gasteiger partial charge is 0.480 e. The van der Waals surface area contributed by atoms with Gasteiger partial charge in [0.25, 0.3) is 0 Å². The molecule has 0 saturated carbocycles. The van der Waals surface area contributed by atoms with Crippen LogP contribution in [-0.2, 0) is 9.47 Å². The first-order valence-electron chi connectivity index (χ1n) is 9.19. The minimum absolute atomic E-state index is 0.230. The van der Waals surface area contributed by atoms with Crippen LogP contribution in [0, 0.1) is 0 Å². The standard InChI is InChI=1S/C19H22N6O2/c1-26-18-17-15(13-2-3-16-20-7-9-24(16)12-13)4-8-25(17)23-19(22-18)21-14-5-10-27-11-6-14/h2-4,7-9,12,14,19,21,23H,5-6,10-11H2,1H3. The molecule has 1 fully saturated rings. The summed E-state index contributed by atoms with van der Waals surface area (Å²) in [6.45, 7) is 1.59. The Morgan fingerprint density at radius 1 is 1.22 bits per heavy atom. The number of rotatable bonds is 3. The van der Waals surface area contributed by atoms with E-state index in [0.29, 0.717) is 11.9 Å². The lowest BCUT2D eigenvalue weighted by Gasteiger charge is -2.31. The molecule has 1 atom stereocenters. The van der Waals surface area contributed by atoms with Crippen molar-refractivity contribution in [1.82, 2.24) is 19.4 Å². The van der Waals surface area contributed by atoms with E-state index in [1.54, 1.807) is 13.3 Å². The summed E-state index contributed by atoms with van der Waals surface area (Å²) in [5.74, 6) is 0.615. The molecule has 27 heavy (non-hydrogen) atoms. The van der Waals surface area contributed by atoms with Crippen LogP contribution >= 0.6 is 0 Å². The van der Waals surface area contributed by atoms with Crippen molar-refractivity contribution < 1.29 is 9.47 Å². The Kier molecular flexibility index (Phi) is 4.06. The molecule has 0 radical (unpaired) electrons. The Balaban J connectivity index is 1.46. The number of pyridine rings is 1. The average molecular weight is 366 g/mol. The zero-order chi connectivity index (χ0) is 18.2. The molecule has 1 unspecified atom stereocenters. The van der Waals surface area contributed by atoms with E-state index < -0.39 is 0 Å². The molecule has 8 heteroatoms. The van der Waals surface area contributed by atoms with Crippen LogP contribution in [0.25, 0.3) is 16.8 Å². The highest BCUT2D eigenvalue weighted by Gasteiger charge is 2.27. The first-order chi connectivity index (χ1) is 13.3. The fraction of sp³-hybridized carbons (Fsp3) is 0.368. The van der Waals surface area contributed by atoms with Gasteiger partial charge >= 0.3 is 0 Å². The molecule has 3 aromatic heterocycles. The summed E-state index contributed by atoms with van der Waals surface area (Å²) >= 11 is 0. The fourth-order valence-corrected chi connectivity index (χ4v) is 3.72. The van der Waals surface area contributed by atoms with Crippen molar-refractivity contribution in [2.75, 3.05) is 25.7 Å². The molecule has 2 aliphatic heterocycles. The summed E-state index contributed by atoms with van der Waals surface area (Å²) < 4.78 is 15.1. The Morgan fingerprint density at radius 2 is 2.11 bits per heavy atom. The van der Waals surface area contributed by atoms with Crippen molar-refractivity contribution in [3.63, 3.8) is 0 Å². The van der Waals surface area contributed by atoms with Gasteiger partial charge in [0, 0.05) is 55.2 Å². The van der Waals surface area contributed by atoms with E-state index in [-0.39, 0.29) is 6.29 Å². The lowest BCUT2D eigenvalue weighted by Crippen LogP contribution is -2.49. The Hall–Kier alpha value is -2.84. The number of aromatic nitrogens is 3. The Morgan fingerprint density at radius 3 is 2.96 bits per heavy atom. The number of methoxy groups -OCH3 is 1. The maximum atomic E-state index is 5.64. The Bertz CT molecular complexity index is 985. The fourth-order valence-electron chi connectivity index (χ4n) is 3.72. The van der Waals surface area contributed by atoms with E-state index in [4.69, 9.17) is 14.5 Å². The molecular weight excluding hydrogens is 344 g/mol. The molecule has 0 bridgehead atoms. The van der Waals surface area contributed by atoms with Crippen LogP contribution in [0.1, 0.15) is 18.5 Å². The smallest absolute Gasteiger partial charge is 0.238 e. The molecule has 2 aliphatic rings. The molecule has 0 spiro atoms. The number of imidazole rings is 1. The molecule has 0 amide bonds. The SMILES string of the molecule is COC1=NC(NC2CCOCC2)Nn2ccc(-c3ccc4nccn4c3)c21. The summed E-state index contributed by atoms with van der Waals surface area (Å²) in [7, 11) is 1.66. The van der Waals surface area contributed by atoms with Crippen LogP contribution in [0.2, 0.25) is 0 Å². The van der Waals surface area contributed by atoms with Gasteiger partial charge in [0.2, 0.25) is 5.90 Å². The van der Waals surface area contributed by atoms with Crippen LogP contribution in [-0.4, -0.2) is 52.6 Å². The molecule has 5 rings (SSSR count). The normalized spacial score (nSPS) is 20.2. The van der Waals surface area contributed by atoms with Gasteiger partial charge in [-0.2, -0.15) is 0 Å². The molecule has 0 aliphatic carbocycles. The lowest BCUT2D eigenvalue weighted by atomic mass is 10.1. The second kappa shape index (κ2) is 6.71. The Labute approximate surface area is 156 Å². The number of aliphatic imine (C=N–C) groups is 1. The quantitative estimate of drug-likeness (QED) is 0.739. The van der Waals surface area contributed by atoms with Gasteiger partial charge in [-0.3, -0.25) is 15.4 Å². The van der Waals surface area contributed by atoms with E-state index >= 15 is 0 Å². The number of nitrogens with zero attached hydrogens (tertiary/aromatic N) is 4. The van der Waals surface area contributed by atoms with Gasteiger partial charge in [-0.15, -0.1) is 0 Å². The van der Waals surface area contributed by atoms with Crippen molar-refractivity contribution in [3.05, 3.63) is 48.7 Å². The maximum Gasteiger partial charge on any atom is 0.238 e. The predicted molar refractivity (Wildman–Crippen MR) is 102 cm³/mol. The van der Waals surface area contributed by atoms with Crippen LogP contribution in [0.5, 0.6) is 0 Å². The number of hydrogen-bond donors (Lipinski definition) is 2. The molecule has 5 heterocycles. The van der Waals surface area contributed by atoms with E-state index in [2.05, 4.69) is 34.1 Å². The lowest BCUT2D eigenvalue weighted by molar-refractivity contribution is 0.0754. The van der Waals surface area contributed by atoms with Crippen molar-refractivity contribution in [2.45, 2.75) is 25.2 Å². The average Bonchev–Trinajstić information content (AvgIpc) is 3.34. The monoisotopic (exact) mass is 366 g/mol. The number of ether oxygens (including phenoxy) is 2. The first-order valence-corrected chi connectivity index (χ1v) is 9.19. The number of nitrogens with one attached hydrogen (secondary N) is 2. The number of fused-ring (bicyclic) bond motifs is 2. The van der Waals surface area contributed by atoms with Gasteiger partial charge in [-0.05, 0) is 31.0 Å². The van der Waals surface area contributed by atoms with Gasteiger partial charge in [0.05, 0.1) is 7.11 Å². The van der Waals surface area contributed by atoms with Crippen molar-refractivity contribution in [3.8, 4) is 11.1 Å². The summed E-state index contributed by atoms with van der Waals surface area (Å²) in [5.41, 5.74) is 7.39. The summed E-state index contributed by atoms with van der Waals surface area (Å²) in [6, 6.07) is 6.54. The van der Waals surface area contributed by atoms with E-state index in [0.717, 1.165) is 48.5 Å². The molecule has 140 valence electrons. The zero-order valence-corrected chi connectivity index (χ0v) is 15.1. The van der Waals surface area contributed by atoms with Crippen molar-refractivity contribution >= 4 is 11.5 Å². The molecule has 1 saturated heterocycles. The van der Waals surface area contributed by atoms with Crippen LogP contribution < -0.4 is 10.7 Å². The molecule has 8 nitrogen and oxygen atoms in total. The third-order valence-electron chi connectivity index (χ3n) is 5.10. The van der Waals surface area contributed by atoms with Gasteiger partial charge in [0.1, 0.15) is 11.3 Å². The van der Waals surface area contributed by atoms with Crippen molar-refractivity contribution in [2.24, 2.45) is 4.99 Å². The summed E-state index contributed by atoms with van der Waals surface area (Å²) in [6.07, 6.45) is 9.57. The first kappa shape index (κ1) is 16.3. The van der Waals surface area contributed by atoms with E-state index in [1.165, 1.54) is 0 Å². The summed E-state index contributed by atoms with van der Waals surface area (Å²) in [4.78, 5) is 9.04. The molecule has 0 aromatic carbocycles. The van der Waals surface area contributed by atoms with Crippen molar-refractivity contribution in [1.29, 1.82) is 0 Å². The maximum absolute atomic E-state index is 5.64. The number of hydrogen-bond acceptors (Lipinski definition) is 6. The third-order valence-corrected chi connectivity index (χ3v) is 5.10. The molecule has 2 N–H and O–H groups in total. The second-order valence-corrected chi connectivity index (χ2v) is 6.78. The van der Waals surface area contributed by atoms with E-state index in [9.17, 15) is 0 Å². The summed E-state index contributed by atoms with van der Waals surface area (Å²) in [5, 5.41) is 3.54. The zero-order valence-electron chi connectivity index (χ0n) is 15.1. The highest BCUT2D eigenvalue weighted by Crippen LogP contribution is 2.27. The van der Waals surface area contributed by atoms with E-state index in [1.807, 2.05) is 27.5 Å². The molecular formula is C19H22N6O2. The topological polar surface area (TPSA) is 77.1 Å². The predicted octanol–water partition coefficient (Wildman–Crippen LogP) is 1.81. The van der Waals surface area contributed by atoms with Gasteiger partial charge < -0.3 is 13.9 Å². The minimum Gasteiger partial charge on any atom is -0.480 e. The van der Waals surface area contributed by atoms with Crippen LogP contribution in [0.15, 0.2) is 48.0 Å².